The molecule has 12 heteroatoms. The smallest absolute Gasteiger partial charge is 0.472 e. The molecule has 0 bridgehead atoms. The minimum atomic E-state index is -4.71. The number of hydrogen-bond donors (Lipinski definition) is 3. The van der Waals surface area contributed by atoms with Crippen molar-refractivity contribution in [1.82, 2.24) is 0 Å². The molecule has 3 atom stereocenters. The average Bonchev–Trinajstić information content (AvgIpc) is 3.14. The van der Waals surface area contributed by atoms with Crippen LogP contribution in [0.4, 0.5) is 0 Å². The number of phosphoric acid groups is 1. The number of aliphatic carboxylic acids is 1. The van der Waals surface area contributed by atoms with E-state index in [1.54, 1.807) is 0 Å². The highest BCUT2D eigenvalue weighted by Gasteiger charge is 2.28. The molecule has 0 aromatic heterocycles. The fourth-order valence-corrected chi connectivity index (χ4v) is 6.32. The SMILES string of the molecule is CCCCC/C=C\C/C=C\C/C=C\CCCCCCCCC(=O)OC(COC(=O)CCCCCCCCCCCCC)COP(=O)(O)OCC(N)C(=O)O. The Kier molecular flexibility index (Phi) is 36.0. The van der Waals surface area contributed by atoms with E-state index in [2.05, 4.69) is 54.8 Å². The van der Waals surface area contributed by atoms with Gasteiger partial charge >= 0.3 is 25.7 Å². The van der Waals surface area contributed by atoms with Crippen molar-refractivity contribution >= 4 is 25.7 Å². The quantitative estimate of drug-likeness (QED) is 0.0234. The lowest BCUT2D eigenvalue weighted by Gasteiger charge is -2.20. The van der Waals surface area contributed by atoms with E-state index >= 15 is 0 Å². The summed E-state index contributed by atoms with van der Waals surface area (Å²) in [6, 6.07) is -1.52. The van der Waals surface area contributed by atoms with Crippen molar-refractivity contribution in [3.63, 3.8) is 0 Å². The Morgan fingerprint density at radius 2 is 0.981 bits per heavy atom. The first kappa shape index (κ1) is 51.7. The largest absolute Gasteiger partial charge is 0.480 e. The zero-order valence-corrected chi connectivity index (χ0v) is 34.7. The van der Waals surface area contributed by atoms with Crippen LogP contribution < -0.4 is 5.73 Å². The van der Waals surface area contributed by atoms with Gasteiger partial charge in [-0.05, 0) is 51.4 Å². The number of phosphoric ester groups is 1. The van der Waals surface area contributed by atoms with Gasteiger partial charge in [0, 0.05) is 12.8 Å². The molecule has 0 amide bonds. The Bertz CT molecular complexity index is 1060. The maximum Gasteiger partial charge on any atom is 0.472 e. The molecule has 0 aliphatic rings. The van der Waals surface area contributed by atoms with E-state index in [0.717, 1.165) is 70.6 Å². The van der Waals surface area contributed by atoms with Gasteiger partial charge in [0.2, 0.25) is 0 Å². The van der Waals surface area contributed by atoms with Gasteiger partial charge in [0.1, 0.15) is 12.6 Å². The molecular formula is C42H76NO10P. The second-order valence-corrected chi connectivity index (χ2v) is 15.6. The molecule has 0 aromatic rings. The predicted octanol–water partition coefficient (Wildman–Crippen LogP) is 10.8. The summed E-state index contributed by atoms with van der Waals surface area (Å²) in [6.45, 7) is 2.75. The number of carboxylic acids is 1. The monoisotopic (exact) mass is 786 g/mol. The van der Waals surface area contributed by atoms with E-state index in [1.165, 1.54) is 70.6 Å². The zero-order chi connectivity index (χ0) is 40.0. The minimum Gasteiger partial charge on any atom is -0.480 e. The van der Waals surface area contributed by atoms with Crippen LogP contribution in [0.25, 0.3) is 0 Å². The number of allylic oxidation sites excluding steroid dienone is 6. The number of nitrogens with two attached hydrogens (primary N) is 1. The second kappa shape index (κ2) is 37.6. The first-order chi connectivity index (χ1) is 26.1. The van der Waals surface area contributed by atoms with Crippen LogP contribution in [-0.4, -0.2) is 59.9 Å². The van der Waals surface area contributed by atoms with E-state index in [4.69, 9.17) is 24.8 Å². The fraction of sp³-hybridized carbons (Fsp3) is 0.786. The maximum atomic E-state index is 12.6. The molecule has 11 nitrogen and oxygen atoms in total. The Morgan fingerprint density at radius 1 is 0.574 bits per heavy atom. The molecule has 0 rings (SSSR count). The third kappa shape index (κ3) is 36.7. The number of carboxylic acid groups (broad SMARTS) is 1. The molecule has 4 N–H and O–H groups in total. The fourth-order valence-electron chi connectivity index (χ4n) is 5.54. The van der Waals surface area contributed by atoms with Gasteiger partial charge in [0.05, 0.1) is 13.2 Å². The molecule has 0 aromatic carbocycles. The maximum absolute atomic E-state index is 12.6. The van der Waals surface area contributed by atoms with Gasteiger partial charge in [0.15, 0.2) is 6.10 Å². The molecule has 0 heterocycles. The first-order valence-corrected chi connectivity index (χ1v) is 22.5. The molecule has 0 fully saturated rings. The number of ether oxygens (including phenoxy) is 2. The van der Waals surface area contributed by atoms with Crippen LogP contribution in [0.2, 0.25) is 0 Å². The molecule has 0 radical (unpaired) electrons. The summed E-state index contributed by atoms with van der Waals surface area (Å²) in [7, 11) is -4.71. The lowest BCUT2D eigenvalue weighted by Crippen LogP contribution is -2.34. The summed E-state index contributed by atoms with van der Waals surface area (Å²) >= 11 is 0. The molecule has 314 valence electrons. The number of rotatable bonds is 39. The van der Waals surface area contributed by atoms with Crippen molar-refractivity contribution in [1.29, 1.82) is 0 Å². The van der Waals surface area contributed by atoms with Crippen LogP contribution >= 0.6 is 7.82 Å². The second-order valence-electron chi connectivity index (χ2n) is 14.1. The minimum absolute atomic E-state index is 0.148. The summed E-state index contributed by atoms with van der Waals surface area (Å²) in [5.41, 5.74) is 5.32. The molecule has 0 saturated heterocycles. The highest BCUT2D eigenvalue weighted by Crippen LogP contribution is 2.43. The van der Waals surface area contributed by atoms with Crippen molar-refractivity contribution in [3.8, 4) is 0 Å². The molecular weight excluding hydrogens is 709 g/mol. The van der Waals surface area contributed by atoms with Gasteiger partial charge < -0.3 is 25.2 Å². The van der Waals surface area contributed by atoms with Crippen molar-refractivity contribution in [3.05, 3.63) is 36.5 Å². The molecule has 0 aliphatic heterocycles. The van der Waals surface area contributed by atoms with E-state index in [-0.39, 0.29) is 19.4 Å². The molecule has 0 spiro atoms. The van der Waals surface area contributed by atoms with Crippen LogP contribution in [0.15, 0.2) is 36.5 Å². The highest BCUT2D eigenvalue weighted by atomic mass is 31.2. The standard InChI is InChI=1S/C42H76NO10P/c1-3-5-7-9-11-13-15-16-17-18-19-20-21-22-24-26-28-30-32-34-41(45)53-38(36-51-54(48,49)52-37-39(43)42(46)47)35-50-40(44)33-31-29-27-25-23-14-12-10-8-6-4-2/h11,13,16-17,19-20,38-39H,3-10,12,14-15,18,21-37,43H2,1-2H3,(H,46,47)(H,48,49)/b13-11-,17-16-,20-19-. The average molecular weight is 786 g/mol. The van der Waals surface area contributed by atoms with E-state index in [1.807, 2.05) is 0 Å². The number of carbonyl (C=O) groups is 3. The van der Waals surface area contributed by atoms with Crippen LogP contribution in [0, 0.1) is 0 Å². The molecule has 54 heavy (non-hydrogen) atoms. The molecule has 0 saturated carbocycles. The van der Waals surface area contributed by atoms with Crippen molar-refractivity contribution in [2.45, 2.75) is 193 Å². The predicted molar refractivity (Wildman–Crippen MR) is 217 cm³/mol. The lowest BCUT2D eigenvalue weighted by molar-refractivity contribution is -0.161. The molecule has 3 unspecified atom stereocenters. The van der Waals surface area contributed by atoms with E-state index < -0.39 is 51.1 Å². The van der Waals surface area contributed by atoms with Gasteiger partial charge in [-0.25, -0.2) is 4.57 Å². The van der Waals surface area contributed by atoms with E-state index in [0.29, 0.717) is 12.8 Å². The van der Waals surface area contributed by atoms with Gasteiger partial charge in [0.25, 0.3) is 0 Å². The third-order valence-electron chi connectivity index (χ3n) is 8.89. The van der Waals surface area contributed by atoms with Gasteiger partial charge in [-0.3, -0.25) is 23.4 Å². The molecule has 0 aliphatic carbocycles. The summed E-state index contributed by atoms with van der Waals surface area (Å²) in [6.07, 6.45) is 39.2. The van der Waals surface area contributed by atoms with Gasteiger partial charge in [-0.15, -0.1) is 0 Å². The number of unbranched alkanes of at least 4 members (excludes halogenated alkanes) is 19. The number of esters is 2. The lowest BCUT2D eigenvalue weighted by atomic mass is 10.1. The topological polar surface area (TPSA) is 172 Å². The summed E-state index contributed by atoms with van der Waals surface area (Å²) in [4.78, 5) is 45.8. The first-order valence-electron chi connectivity index (χ1n) is 21.0. The number of carbonyl (C=O) groups excluding carboxylic acids is 2. The Hall–Kier alpha value is -2.30. The van der Waals surface area contributed by atoms with Gasteiger partial charge in [-0.1, -0.05) is 153 Å². The summed E-state index contributed by atoms with van der Waals surface area (Å²) in [5.74, 6) is -2.39. The van der Waals surface area contributed by atoms with Crippen LogP contribution in [0.5, 0.6) is 0 Å². The third-order valence-corrected chi connectivity index (χ3v) is 9.84. The Balaban J connectivity index is 4.38. The zero-order valence-electron chi connectivity index (χ0n) is 33.8. The normalized spacial score (nSPS) is 14.1. The van der Waals surface area contributed by atoms with Gasteiger partial charge in [-0.2, -0.15) is 0 Å². The van der Waals surface area contributed by atoms with Crippen molar-refractivity contribution < 1.29 is 47.5 Å². The summed E-state index contributed by atoms with van der Waals surface area (Å²) in [5, 5.41) is 8.87. The van der Waals surface area contributed by atoms with E-state index in [9.17, 15) is 23.8 Å². The van der Waals surface area contributed by atoms with Crippen LogP contribution in [-0.2, 0) is 37.5 Å². The van der Waals surface area contributed by atoms with Crippen LogP contribution in [0.1, 0.15) is 181 Å². The number of hydrogen-bond acceptors (Lipinski definition) is 9. The van der Waals surface area contributed by atoms with Crippen molar-refractivity contribution in [2.24, 2.45) is 5.73 Å². The Labute approximate surface area is 327 Å². The van der Waals surface area contributed by atoms with Crippen molar-refractivity contribution in [2.75, 3.05) is 19.8 Å². The van der Waals surface area contributed by atoms with Crippen LogP contribution in [0.3, 0.4) is 0 Å². The Morgan fingerprint density at radius 3 is 1.50 bits per heavy atom. The highest BCUT2D eigenvalue weighted by molar-refractivity contribution is 7.47. The summed E-state index contributed by atoms with van der Waals surface area (Å²) < 4.78 is 32.6.